The molecule has 0 aliphatic rings. The van der Waals surface area contributed by atoms with E-state index in [0.717, 1.165) is 13.7 Å². The predicted molar refractivity (Wildman–Crippen MR) is 162 cm³/mol. The molecule has 0 bridgehead atoms. The van der Waals surface area contributed by atoms with E-state index in [9.17, 15) is 38.4 Å². The Bertz CT molecular complexity index is 2020. The van der Waals surface area contributed by atoms with Crippen LogP contribution in [-0.2, 0) is 51.1 Å². The summed E-state index contributed by atoms with van der Waals surface area (Å²) in [5.41, 5.74) is -2.42. The number of carboxylic acid groups (broad SMARTS) is 1. The Kier molecular flexibility index (Phi) is 12.0. The Morgan fingerprint density at radius 2 is 1.11 bits per heavy atom. The SMILES string of the molecule is C.C.CC(=O)Cn1c(=O)c2c(ncn2[C@@H](C)C(=O)O)n(C)c1=O.COC(=O)[C@H](C)n1cnc2c1c(=O)n(CC(C)=O)c(=O)n2C. The van der Waals surface area contributed by atoms with E-state index >= 15 is 0 Å². The molecule has 4 aromatic rings. The number of hydrogen-bond donors (Lipinski definition) is 1. The van der Waals surface area contributed by atoms with Crippen LogP contribution >= 0.6 is 0 Å². The summed E-state index contributed by atoms with van der Waals surface area (Å²) in [6, 6.07) is -1.81. The number of ether oxygens (including phenoxy) is 1. The number of aliphatic carboxylic acids is 1. The maximum Gasteiger partial charge on any atom is 0.332 e. The summed E-state index contributed by atoms with van der Waals surface area (Å²) in [7, 11) is 4.09. The predicted octanol–water partition coefficient (Wildman–Crippen LogP) is -0.377. The molecule has 0 unspecified atom stereocenters. The largest absolute Gasteiger partial charge is 0.480 e. The fourth-order valence-corrected chi connectivity index (χ4v) is 4.29. The molecule has 0 aromatic carbocycles. The van der Waals surface area contributed by atoms with Gasteiger partial charge in [0.1, 0.15) is 23.7 Å². The number of ketones is 2. The van der Waals surface area contributed by atoms with Crippen molar-refractivity contribution in [3.8, 4) is 0 Å². The minimum absolute atomic E-state index is 0. The molecular formula is C27H38N8O10. The minimum atomic E-state index is -1.14. The number of hydrogen-bond acceptors (Lipinski definition) is 11. The molecule has 246 valence electrons. The van der Waals surface area contributed by atoms with Gasteiger partial charge in [-0.15, -0.1) is 0 Å². The van der Waals surface area contributed by atoms with Crippen molar-refractivity contribution < 1.29 is 29.0 Å². The molecule has 0 saturated carbocycles. The van der Waals surface area contributed by atoms with E-state index in [0.29, 0.717) is 0 Å². The first-order valence-corrected chi connectivity index (χ1v) is 12.7. The van der Waals surface area contributed by atoms with Crippen molar-refractivity contribution in [1.82, 2.24) is 37.4 Å². The normalized spacial score (nSPS) is 11.9. The van der Waals surface area contributed by atoms with E-state index in [1.807, 2.05) is 0 Å². The molecule has 4 heterocycles. The number of methoxy groups -OCH3 is 1. The lowest BCUT2D eigenvalue weighted by Gasteiger charge is -2.12. The van der Waals surface area contributed by atoms with E-state index in [-0.39, 0.29) is 61.8 Å². The number of esters is 1. The van der Waals surface area contributed by atoms with Crippen molar-refractivity contribution >= 4 is 45.8 Å². The summed E-state index contributed by atoms with van der Waals surface area (Å²) >= 11 is 0. The zero-order valence-corrected chi connectivity index (χ0v) is 24.4. The van der Waals surface area contributed by atoms with Crippen LogP contribution in [0.1, 0.15) is 54.6 Å². The van der Waals surface area contributed by atoms with Crippen LogP contribution in [0.25, 0.3) is 22.3 Å². The van der Waals surface area contributed by atoms with Crippen molar-refractivity contribution in [3.05, 3.63) is 54.3 Å². The Morgan fingerprint density at radius 3 is 1.42 bits per heavy atom. The summed E-state index contributed by atoms with van der Waals surface area (Å²) < 4.78 is 11.0. The molecule has 2 atom stereocenters. The minimum Gasteiger partial charge on any atom is -0.480 e. The molecule has 0 aliphatic heterocycles. The summed E-state index contributed by atoms with van der Waals surface area (Å²) in [5, 5.41) is 9.06. The average molecular weight is 635 g/mol. The first kappa shape index (κ1) is 37.6. The van der Waals surface area contributed by atoms with Crippen LogP contribution < -0.4 is 22.5 Å². The highest BCUT2D eigenvalue weighted by atomic mass is 16.5. The van der Waals surface area contributed by atoms with Gasteiger partial charge in [0.05, 0.1) is 32.9 Å². The lowest BCUT2D eigenvalue weighted by molar-refractivity contribution is -0.144. The molecular weight excluding hydrogens is 596 g/mol. The number of aryl methyl sites for hydroxylation is 2. The van der Waals surface area contributed by atoms with E-state index in [1.54, 1.807) is 6.92 Å². The number of aromatic nitrogens is 8. The van der Waals surface area contributed by atoms with Gasteiger partial charge >= 0.3 is 23.3 Å². The van der Waals surface area contributed by atoms with Crippen LogP contribution in [0.15, 0.2) is 31.8 Å². The zero-order chi connectivity index (χ0) is 32.5. The van der Waals surface area contributed by atoms with Gasteiger partial charge < -0.3 is 19.0 Å². The van der Waals surface area contributed by atoms with Gasteiger partial charge in [0.2, 0.25) is 0 Å². The van der Waals surface area contributed by atoms with Crippen LogP contribution in [0, 0.1) is 0 Å². The Balaban J connectivity index is 0.000000431. The highest BCUT2D eigenvalue weighted by Gasteiger charge is 2.24. The second-order valence-corrected chi connectivity index (χ2v) is 9.73. The first-order chi connectivity index (χ1) is 20.0. The van der Waals surface area contributed by atoms with Gasteiger partial charge in [0.25, 0.3) is 11.1 Å². The zero-order valence-electron chi connectivity index (χ0n) is 24.4. The number of rotatable bonds is 8. The average Bonchev–Trinajstić information content (AvgIpc) is 3.60. The van der Waals surface area contributed by atoms with Gasteiger partial charge in [0, 0.05) is 14.1 Å². The second-order valence-electron chi connectivity index (χ2n) is 9.73. The maximum atomic E-state index is 12.5. The number of Topliss-reactive ketones (excluding diaryl/α,β-unsaturated/α-hetero) is 2. The van der Waals surface area contributed by atoms with Crippen LogP contribution in [0.2, 0.25) is 0 Å². The van der Waals surface area contributed by atoms with Gasteiger partial charge in [-0.3, -0.25) is 37.4 Å². The van der Waals surface area contributed by atoms with Gasteiger partial charge in [0.15, 0.2) is 22.3 Å². The van der Waals surface area contributed by atoms with Crippen molar-refractivity contribution in [1.29, 1.82) is 0 Å². The standard InChI is InChI=1S/C13H16N4O5.C12H14N4O5.2CH4/c1-7(18)5-16-11(19)9-10(15(3)13(16)21)14-6-17(9)8(2)12(20)22-4;1-6(17)4-15-10(18)8-9(14(3)12(15)21)13-5-16(8)7(2)11(19)20;;/h6,8H,5H2,1-4H3;5,7H,4H2,1-3H3,(H,19,20);2*1H4/t8-;7-;;/m00../s1. The third-order valence-electron chi connectivity index (χ3n) is 6.61. The third kappa shape index (κ3) is 6.89. The lowest BCUT2D eigenvalue weighted by atomic mass is 10.3. The molecule has 18 heteroatoms. The fourth-order valence-electron chi connectivity index (χ4n) is 4.29. The smallest absolute Gasteiger partial charge is 0.332 e. The summed E-state index contributed by atoms with van der Waals surface area (Å²) in [5.74, 6) is -2.37. The number of fused-ring (bicyclic) bond motifs is 2. The number of nitrogens with zero attached hydrogens (tertiary/aromatic N) is 8. The maximum absolute atomic E-state index is 12.5. The Hall–Kier alpha value is -5.42. The second kappa shape index (κ2) is 14.4. The van der Waals surface area contributed by atoms with Crippen molar-refractivity contribution in [2.75, 3.05) is 7.11 Å². The van der Waals surface area contributed by atoms with Crippen molar-refractivity contribution in [2.24, 2.45) is 14.1 Å². The van der Waals surface area contributed by atoms with Crippen LogP contribution in [0.3, 0.4) is 0 Å². The summed E-state index contributed by atoms with van der Waals surface area (Å²) in [4.78, 5) is 102. The fraction of sp³-hybridized carbons (Fsp3) is 0.481. The Labute approximate surface area is 255 Å². The molecule has 0 fully saturated rings. The lowest BCUT2D eigenvalue weighted by Crippen LogP contribution is -2.41. The van der Waals surface area contributed by atoms with Crippen LogP contribution in [0.5, 0.6) is 0 Å². The van der Waals surface area contributed by atoms with E-state index in [1.165, 1.54) is 68.3 Å². The molecule has 4 rings (SSSR count). The number of carbonyl (C=O) groups is 4. The van der Waals surface area contributed by atoms with Gasteiger partial charge in [-0.1, -0.05) is 14.9 Å². The monoisotopic (exact) mass is 634 g/mol. The first-order valence-electron chi connectivity index (χ1n) is 12.7. The van der Waals surface area contributed by atoms with Crippen molar-refractivity contribution in [3.63, 3.8) is 0 Å². The number of carbonyl (C=O) groups excluding carboxylic acids is 3. The summed E-state index contributed by atoms with van der Waals surface area (Å²) in [6.07, 6.45) is 2.49. The molecule has 0 radical (unpaired) electrons. The molecule has 4 aromatic heterocycles. The van der Waals surface area contributed by atoms with Crippen LogP contribution in [0.4, 0.5) is 0 Å². The molecule has 0 saturated heterocycles. The summed E-state index contributed by atoms with van der Waals surface area (Å²) in [6.45, 7) is 4.78. The highest BCUT2D eigenvalue weighted by Crippen LogP contribution is 2.15. The van der Waals surface area contributed by atoms with Crippen LogP contribution in [-0.4, -0.2) is 73.1 Å². The molecule has 0 spiro atoms. The van der Waals surface area contributed by atoms with E-state index < -0.39 is 46.5 Å². The Morgan fingerprint density at radius 1 is 0.756 bits per heavy atom. The molecule has 1 N–H and O–H groups in total. The quantitative estimate of drug-likeness (QED) is 0.245. The van der Waals surface area contributed by atoms with Gasteiger partial charge in [-0.05, 0) is 27.7 Å². The molecule has 45 heavy (non-hydrogen) atoms. The van der Waals surface area contributed by atoms with E-state index in [2.05, 4.69) is 14.7 Å². The van der Waals surface area contributed by atoms with Crippen molar-refractivity contribution in [2.45, 2.75) is 67.7 Å². The molecule has 0 amide bonds. The third-order valence-corrected chi connectivity index (χ3v) is 6.61. The molecule has 0 aliphatic carbocycles. The molecule has 18 nitrogen and oxygen atoms in total. The highest BCUT2D eigenvalue weighted by molar-refractivity contribution is 5.80. The number of imidazole rings is 2. The van der Waals surface area contributed by atoms with Gasteiger partial charge in [-0.2, -0.15) is 0 Å². The van der Waals surface area contributed by atoms with Gasteiger partial charge in [-0.25, -0.2) is 29.1 Å². The van der Waals surface area contributed by atoms with E-state index in [4.69, 9.17) is 5.11 Å². The topological polar surface area (TPSA) is 221 Å². The number of carboxylic acids is 1.